The Morgan fingerprint density at radius 3 is 2.34 bits per heavy atom. The number of nitrogens with one attached hydrogen (secondary N) is 1. The van der Waals surface area contributed by atoms with Gasteiger partial charge < -0.3 is 10.1 Å². The number of thioether (sulfide) groups is 1. The summed E-state index contributed by atoms with van der Waals surface area (Å²) in [4.78, 5) is 55.8. The molecule has 3 atom stereocenters. The maximum Gasteiger partial charge on any atom is 0.308 e. The molecule has 3 aromatic carbocycles. The standard InChI is InChI=1S/C31H27N3O5S2/c1-17-7-11-21(12-8-17)34-28(36)25-24(19-9-13-22(39-3)14-10-19)27-30(40-26(25)29(34)37)33(31(38)41-27)16-23(35)32-20-6-4-5-18(2)15-20/h4-15,24-26H,16H2,1-3H3,(H,32,35)/t24-,25-,26+/m0/s1. The second-order valence-electron chi connectivity index (χ2n) is 10.2. The number of anilines is 2. The molecule has 0 spiro atoms. The highest BCUT2D eigenvalue weighted by Gasteiger charge is 2.56. The minimum atomic E-state index is -0.747. The third-order valence-corrected chi connectivity index (χ3v) is 10.0. The molecule has 0 saturated carbocycles. The van der Waals surface area contributed by atoms with Gasteiger partial charge in [0.1, 0.15) is 17.5 Å². The zero-order valence-electron chi connectivity index (χ0n) is 22.6. The van der Waals surface area contributed by atoms with Gasteiger partial charge >= 0.3 is 4.87 Å². The number of rotatable bonds is 6. The lowest BCUT2D eigenvalue weighted by molar-refractivity contribution is -0.122. The molecule has 6 rings (SSSR count). The van der Waals surface area contributed by atoms with E-state index in [0.29, 0.717) is 27.0 Å². The number of fused-ring (bicyclic) bond motifs is 2. The number of carbonyl (C=O) groups excluding carboxylic acids is 3. The van der Waals surface area contributed by atoms with Gasteiger partial charge in [0.25, 0.3) is 0 Å². The zero-order valence-corrected chi connectivity index (χ0v) is 24.3. The van der Waals surface area contributed by atoms with Crippen LogP contribution in [0.5, 0.6) is 5.75 Å². The van der Waals surface area contributed by atoms with E-state index in [9.17, 15) is 19.2 Å². The first-order chi connectivity index (χ1) is 19.7. The summed E-state index contributed by atoms with van der Waals surface area (Å²) in [6.07, 6.45) is 0. The van der Waals surface area contributed by atoms with Crippen LogP contribution in [0.4, 0.5) is 11.4 Å². The highest BCUT2D eigenvalue weighted by atomic mass is 32.2. The fraction of sp³-hybridized carbons (Fsp3) is 0.226. The summed E-state index contributed by atoms with van der Waals surface area (Å²) in [5.41, 5.74) is 3.98. The second-order valence-corrected chi connectivity index (χ2v) is 12.3. The maximum absolute atomic E-state index is 14.0. The Hall–Kier alpha value is -4.15. The van der Waals surface area contributed by atoms with Crippen molar-refractivity contribution in [1.29, 1.82) is 0 Å². The summed E-state index contributed by atoms with van der Waals surface area (Å²) in [7, 11) is 1.58. The van der Waals surface area contributed by atoms with Crippen molar-refractivity contribution in [2.45, 2.75) is 36.6 Å². The lowest BCUT2D eigenvalue weighted by atomic mass is 9.83. The third kappa shape index (κ3) is 4.87. The Morgan fingerprint density at radius 2 is 1.66 bits per heavy atom. The van der Waals surface area contributed by atoms with Gasteiger partial charge in [0.15, 0.2) is 0 Å². The summed E-state index contributed by atoms with van der Waals surface area (Å²) < 4.78 is 6.75. The lowest BCUT2D eigenvalue weighted by Crippen LogP contribution is -2.33. The molecule has 3 heterocycles. The van der Waals surface area contributed by atoms with E-state index in [2.05, 4.69) is 5.32 Å². The number of hydrogen-bond acceptors (Lipinski definition) is 7. The molecule has 1 saturated heterocycles. The van der Waals surface area contributed by atoms with Crippen molar-refractivity contribution >= 4 is 52.2 Å². The average molecular weight is 586 g/mol. The van der Waals surface area contributed by atoms with Crippen LogP contribution in [0.2, 0.25) is 0 Å². The largest absolute Gasteiger partial charge is 0.497 e. The van der Waals surface area contributed by atoms with Crippen LogP contribution in [0.25, 0.3) is 0 Å². The predicted molar refractivity (Wildman–Crippen MR) is 160 cm³/mol. The Labute approximate surface area is 245 Å². The molecule has 1 N–H and O–H groups in total. The molecule has 2 aliphatic heterocycles. The fourth-order valence-corrected chi connectivity index (χ4v) is 8.21. The number of carbonyl (C=O) groups is 3. The molecular weight excluding hydrogens is 558 g/mol. The van der Waals surface area contributed by atoms with Gasteiger partial charge in [-0.3, -0.25) is 23.7 Å². The normalized spacial score (nSPS) is 19.6. The number of benzene rings is 3. The average Bonchev–Trinajstić information content (AvgIpc) is 3.40. The molecular formula is C31H27N3O5S2. The Kier molecular flexibility index (Phi) is 7.04. The van der Waals surface area contributed by atoms with E-state index in [-0.39, 0.29) is 29.1 Å². The van der Waals surface area contributed by atoms with E-state index in [1.807, 2.05) is 56.3 Å². The number of methoxy groups -OCH3 is 1. The van der Waals surface area contributed by atoms with Crippen molar-refractivity contribution in [1.82, 2.24) is 4.57 Å². The summed E-state index contributed by atoms with van der Waals surface area (Å²) in [6.45, 7) is 3.67. The molecule has 4 aromatic rings. The first kappa shape index (κ1) is 27.0. The zero-order chi connectivity index (χ0) is 28.8. The quantitative estimate of drug-likeness (QED) is 0.321. The van der Waals surface area contributed by atoms with E-state index < -0.39 is 17.1 Å². The van der Waals surface area contributed by atoms with E-state index in [1.54, 1.807) is 37.4 Å². The number of ether oxygens (including phenoxy) is 1. The third-order valence-electron chi connectivity index (χ3n) is 7.42. The van der Waals surface area contributed by atoms with Crippen molar-refractivity contribution in [3.8, 4) is 5.75 Å². The smallest absolute Gasteiger partial charge is 0.308 e. The van der Waals surface area contributed by atoms with Crippen molar-refractivity contribution in [3.05, 3.63) is 104 Å². The molecule has 0 radical (unpaired) electrons. The molecule has 1 fully saturated rings. The van der Waals surface area contributed by atoms with Crippen LogP contribution in [0.3, 0.4) is 0 Å². The van der Waals surface area contributed by atoms with Gasteiger partial charge in [-0.05, 0) is 61.4 Å². The minimum absolute atomic E-state index is 0.206. The van der Waals surface area contributed by atoms with Gasteiger partial charge in [0.2, 0.25) is 17.7 Å². The minimum Gasteiger partial charge on any atom is -0.497 e. The molecule has 1 aromatic heterocycles. The van der Waals surface area contributed by atoms with Gasteiger partial charge in [-0.1, -0.05) is 65.1 Å². The Balaban J connectivity index is 1.41. The molecule has 208 valence electrons. The van der Waals surface area contributed by atoms with Crippen molar-refractivity contribution in [2.24, 2.45) is 5.92 Å². The van der Waals surface area contributed by atoms with Gasteiger partial charge in [0.05, 0.1) is 23.7 Å². The van der Waals surface area contributed by atoms with E-state index in [0.717, 1.165) is 28.0 Å². The molecule has 0 aliphatic carbocycles. The van der Waals surface area contributed by atoms with Crippen LogP contribution >= 0.6 is 23.1 Å². The van der Waals surface area contributed by atoms with Gasteiger partial charge in [-0.25, -0.2) is 4.90 Å². The SMILES string of the molecule is COc1ccc([C@@H]2c3sc(=O)n(CC(=O)Nc4cccc(C)c4)c3S[C@H]3C(=O)N(c4ccc(C)cc4)C(=O)[C@@H]23)cc1. The fourth-order valence-electron chi connectivity index (χ4n) is 5.44. The number of aromatic nitrogens is 1. The number of hydrogen-bond donors (Lipinski definition) is 1. The van der Waals surface area contributed by atoms with Crippen LogP contribution in [-0.2, 0) is 20.9 Å². The second kappa shape index (κ2) is 10.7. The number of imide groups is 1. The molecule has 10 heteroatoms. The number of aryl methyl sites for hydroxylation is 2. The van der Waals surface area contributed by atoms with Crippen LogP contribution in [0, 0.1) is 19.8 Å². The monoisotopic (exact) mass is 585 g/mol. The topological polar surface area (TPSA) is 97.7 Å². The first-order valence-electron chi connectivity index (χ1n) is 13.1. The summed E-state index contributed by atoms with van der Waals surface area (Å²) >= 11 is 2.23. The van der Waals surface area contributed by atoms with Gasteiger partial charge in [-0.2, -0.15) is 0 Å². The lowest BCUT2D eigenvalue weighted by Gasteiger charge is -2.30. The summed E-state index contributed by atoms with van der Waals surface area (Å²) in [5, 5.41) is 2.66. The van der Waals surface area contributed by atoms with Crippen LogP contribution in [0.1, 0.15) is 27.5 Å². The van der Waals surface area contributed by atoms with Crippen LogP contribution in [-0.4, -0.2) is 34.6 Å². The molecule has 3 amide bonds. The van der Waals surface area contributed by atoms with Crippen LogP contribution in [0.15, 0.2) is 82.6 Å². The summed E-state index contributed by atoms with van der Waals surface area (Å²) in [6, 6.07) is 22.1. The number of thiazole rings is 1. The summed E-state index contributed by atoms with van der Waals surface area (Å²) in [5.74, 6) is -1.56. The predicted octanol–water partition coefficient (Wildman–Crippen LogP) is 4.97. The van der Waals surface area contributed by atoms with Gasteiger partial charge in [0, 0.05) is 16.5 Å². The van der Waals surface area contributed by atoms with Crippen molar-refractivity contribution < 1.29 is 19.1 Å². The highest BCUT2D eigenvalue weighted by Crippen LogP contribution is 2.54. The van der Waals surface area contributed by atoms with Crippen molar-refractivity contribution in [3.63, 3.8) is 0 Å². The molecule has 0 bridgehead atoms. The van der Waals surface area contributed by atoms with E-state index >= 15 is 0 Å². The first-order valence-corrected chi connectivity index (χ1v) is 14.8. The molecule has 0 unspecified atom stereocenters. The highest BCUT2D eigenvalue weighted by molar-refractivity contribution is 8.00. The maximum atomic E-state index is 14.0. The molecule has 41 heavy (non-hydrogen) atoms. The van der Waals surface area contributed by atoms with E-state index in [1.165, 1.54) is 21.2 Å². The number of nitrogens with zero attached hydrogens (tertiary/aromatic N) is 2. The van der Waals surface area contributed by atoms with E-state index in [4.69, 9.17) is 4.74 Å². The Morgan fingerprint density at radius 1 is 0.927 bits per heavy atom. The number of amides is 3. The Bertz CT molecular complexity index is 1730. The molecule has 2 aliphatic rings. The van der Waals surface area contributed by atoms with Crippen molar-refractivity contribution in [2.75, 3.05) is 17.3 Å². The van der Waals surface area contributed by atoms with Crippen LogP contribution < -0.4 is 19.8 Å². The molecule has 8 nitrogen and oxygen atoms in total. The van der Waals surface area contributed by atoms with Gasteiger partial charge in [-0.15, -0.1) is 0 Å².